The molecule has 276 valence electrons. The highest BCUT2D eigenvalue weighted by molar-refractivity contribution is 5.67. The fraction of sp³-hybridized carbons (Fsp3) is 0.571. The van der Waals surface area contributed by atoms with Crippen LogP contribution in [0.25, 0.3) is 11.1 Å². The van der Waals surface area contributed by atoms with Crippen LogP contribution >= 0.6 is 0 Å². The van der Waals surface area contributed by atoms with Gasteiger partial charge < -0.3 is 24.3 Å². The summed E-state index contributed by atoms with van der Waals surface area (Å²) in [5.74, 6) is 1.17. The Kier molecular flexibility index (Phi) is 11.4. The van der Waals surface area contributed by atoms with Crippen molar-refractivity contribution in [3.8, 4) is 28.8 Å². The highest BCUT2D eigenvalue weighted by Gasteiger charge is 2.42. The van der Waals surface area contributed by atoms with Gasteiger partial charge in [-0.2, -0.15) is 5.26 Å². The van der Waals surface area contributed by atoms with Crippen LogP contribution in [0.3, 0.4) is 0 Å². The number of rotatable bonds is 16. The van der Waals surface area contributed by atoms with Gasteiger partial charge >= 0.3 is 0 Å². The van der Waals surface area contributed by atoms with E-state index >= 15 is 0 Å². The minimum Gasteiger partial charge on any atom is -0.487 e. The van der Waals surface area contributed by atoms with E-state index < -0.39 is 13.0 Å². The molecule has 15 nitrogen and oxygen atoms in total. The lowest BCUT2D eigenvalue weighted by Crippen LogP contribution is -2.52. The summed E-state index contributed by atoms with van der Waals surface area (Å²) in [6.45, 7) is 3.78. The largest absolute Gasteiger partial charge is 0.487 e. The summed E-state index contributed by atoms with van der Waals surface area (Å²) in [4.78, 5) is 11.9. The van der Waals surface area contributed by atoms with Crippen molar-refractivity contribution in [2.24, 2.45) is 0 Å². The number of nitriles is 1. The molecule has 2 aliphatic heterocycles. The summed E-state index contributed by atoms with van der Waals surface area (Å²) in [6, 6.07) is 9.37. The zero-order valence-corrected chi connectivity index (χ0v) is 29.1. The first kappa shape index (κ1) is 35.6. The smallest absolute Gasteiger partial charge is 0.261 e. The number of ether oxygens (including phenoxy) is 4. The highest BCUT2D eigenvalue weighted by Crippen LogP contribution is 2.39. The first-order valence-corrected chi connectivity index (χ1v) is 17.9. The van der Waals surface area contributed by atoms with Crippen LogP contribution in [-0.4, -0.2) is 109 Å². The van der Waals surface area contributed by atoms with Crippen molar-refractivity contribution >= 4 is 11.6 Å². The number of alkyl halides is 2. The highest BCUT2D eigenvalue weighted by atomic mass is 19.3. The molecule has 5 heterocycles. The average molecular weight is 720 g/mol. The maximum absolute atomic E-state index is 12.5. The molecule has 0 spiro atoms. The lowest BCUT2D eigenvalue weighted by atomic mass is 9.89. The van der Waals surface area contributed by atoms with Crippen molar-refractivity contribution in [1.29, 1.82) is 5.26 Å². The zero-order chi connectivity index (χ0) is 35.9. The van der Waals surface area contributed by atoms with E-state index in [9.17, 15) is 14.0 Å². The molecule has 4 aromatic rings. The minimum absolute atomic E-state index is 0.159. The third-order valence-electron chi connectivity index (χ3n) is 9.87. The molecule has 3 aromatic heterocycles. The van der Waals surface area contributed by atoms with Crippen LogP contribution in [0, 0.1) is 11.3 Å². The van der Waals surface area contributed by atoms with E-state index in [1.807, 2.05) is 23.9 Å². The molecule has 1 N–H and O–H groups in total. The molecule has 1 saturated carbocycles. The van der Waals surface area contributed by atoms with Gasteiger partial charge in [0.25, 0.3) is 12.3 Å². The van der Waals surface area contributed by atoms with Crippen molar-refractivity contribution in [1.82, 2.24) is 44.9 Å². The summed E-state index contributed by atoms with van der Waals surface area (Å²) in [5, 5.41) is 28.9. The lowest BCUT2D eigenvalue weighted by molar-refractivity contribution is -0.0458. The summed E-state index contributed by atoms with van der Waals surface area (Å²) in [5.41, 5.74) is 2.52. The molecule has 3 aliphatic rings. The first-order valence-electron chi connectivity index (χ1n) is 17.9. The average Bonchev–Trinajstić information content (AvgIpc) is 3.87. The van der Waals surface area contributed by atoms with E-state index in [-0.39, 0.29) is 25.4 Å². The predicted molar refractivity (Wildman–Crippen MR) is 183 cm³/mol. The fourth-order valence-electron chi connectivity index (χ4n) is 7.47. The third-order valence-corrected chi connectivity index (χ3v) is 9.87. The second-order valence-corrected chi connectivity index (χ2v) is 13.5. The Bertz CT molecular complexity index is 1760. The molecule has 2 bridgehead atoms. The SMILES string of the molecule is C[C@@H](Cn1cnnn1)Oc1cc(-c2cnc(Nc3cn([C@H]4CC[C@H](N5[C@@H]6CC[C@H]5COC6)CC4)nc3OCCCOCC(F)F)nc2)ccc1C#N. The molecule has 7 rings (SSSR count). The number of nitrogens with one attached hydrogen (secondary N) is 1. The normalized spacial score (nSPS) is 22.3. The molecule has 2 saturated heterocycles. The molecule has 0 amide bonds. The van der Waals surface area contributed by atoms with E-state index in [0.717, 1.165) is 50.0 Å². The van der Waals surface area contributed by atoms with E-state index in [1.165, 1.54) is 19.2 Å². The second kappa shape index (κ2) is 16.7. The van der Waals surface area contributed by atoms with Crippen LogP contribution in [0.15, 0.2) is 43.1 Å². The van der Waals surface area contributed by atoms with E-state index in [1.54, 1.807) is 29.2 Å². The number of nitrogens with zero attached hydrogens (tertiary/aromatic N) is 10. The summed E-state index contributed by atoms with van der Waals surface area (Å²) >= 11 is 0. The minimum atomic E-state index is -2.50. The van der Waals surface area contributed by atoms with Crippen LogP contribution < -0.4 is 14.8 Å². The zero-order valence-electron chi connectivity index (χ0n) is 29.1. The number of fused-ring (bicyclic) bond motifs is 2. The molecule has 52 heavy (non-hydrogen) atoms. The van der Waals surface area contributed by atoms with E-state index in [0.29, 0.717) is 59.9 Å². The standard InChI is InChI=1S/C35H43F2N11O4/c1-23(17-46-22-41-44-45-46)52-32-13-24(3-4-25(32)14-38)26-15-39-35(40-16-26)42-31-18-47(43-34(31)51-12-2-11-49-21-33(36)37)27-5-7-28(8-6-27)48-29-9-10-30(48)20-50-19-29/h3-4,13,15-16,18,22-23,27-30,33H,2,5-12,17,19-21H2,1H3,(H,39,40,42)/t23-,27-,28-,29-,30+/m0/s1. The Labute approximate surface area is 300 Å². The second-order valence-electron chi connectivity index (χ2n) is 13.5. The number of morpholine rings is 1. The number of anilines is 2. The summed E-state index contributed by atoms with van der Waals surface area (Å²) in [7, 11) is 0. The van der Waals surface area contributed by atoms with Crippen LogP contribution in [-0.2, 0) is 16.0 Å². The van der Waals surface area contributed by atoms with Gasteiger partial charge in [-0.25, -0.2) is 23.4 Å². The molecule has 3 atom stereocenters. The van der Waals surface area contributed by atoms with Crippen LogP contribution in [0.4, 0.5) is 20.4 Å². The number of hydrogen-bond donors (Lipinski definition) is 1. The maximum atomic E-state index is 12.5. The molecule has 1 aliphatic carbocycles. The van der Waals surface area contributed by atoms with Gasteiger partial charge in [-0.3, -0.25) is 9.58 Å². The number of benzene rings is 1. The van der Waals surface area contributed by atoms with Crippen molar-refractivity contribution in [3.63, 3.8) is 0 Å². The number of hydrogen-bond acceptors (Lipinski definition) is 13. The Hall–Kier alpha value is -4.79. The Morgan fingerprint density at radius 1 is 1.00 bits per heavy atom. The summed E-state index contributed by atoms with van der Waals surface area (Å²) in [6.07, 6.45) is 11.1. The van der Waals surface area contributed by atoms with Crippen LogP contribution in [0.1, 0.15) is 63.5 Å². The van der Waals surface area contributed by atoms with Crippen molar-refractivity contribution in [3.05, 3.63) is 48.7 Å². The molecule has 17 heteroatoms. The molecular formula is C35H43F2N11O4. The monoisotopic (exact) mass is 719 g/mol. The Morgan fingerprint density at radius 3 is 2.46 bits per heavy atom. The molecule has 1 aromatic carbocycles. The van der Waals surface area contributed by atoms with Crippen molar-refractivity contribution in [2.45, 2.75) is 95.1 Å². The van der Waals surface area contributed by atoms with Gasteiger partial charge in [0.05, 0.1) is 50.8 Å². The topological polar surface area (TPSA) is 163 Å². The Morgan fingerprint density at radius 2 is 1.75 bits per heavy atom. The van der Waals surface area contributed by atoms with Gasteiger partial charge in [0.15, 0.2) is 0 Å². The van der Waals surface area contributed by atoms with Gasteiger partial charge in [-0.15, -0.1) is 10.2 Å². The fourth-order valence-corrected chi connectivity index (χ4v) is 7.47. The lowest BCUT2D eigenvalue weighted by Gasteiger charge is -2.43. The number of tetrazole rings is 1. The van der Waals surface area contributed by atoms with Crippen molar-refractivity contribution < 1.29 is 27.7 Å². The first-order chi connectivity index (χ1) is 25.4. The van der Waals surface area contributed by atoms with Crippen LogP contribution in [0.5, 0.6) is 11.6 Å². The van der Waals surface area contributed by atoms with E-state index in [4.69, 9.17) is 24.0 Å². The van der Waals surface area contributed by atoms with Gasteiger partial charge in [-0.05, 0) is 73.6 Å². The van der Waals surface area contributed by atoms with Gasteiger partial charge in [0.2, 0.25) is 5.95 Å². The molecule has 0 radical (unpaired) electrons. The molecule has 0 unspecified atom stereocenters. The third kappa shape index (κ3) is 8.63. The van der Waals surface area contributed by atoms with E-state index in [2.05, 4.69) is 41.8 Å². The van der Waals surface area contributed by atoms with Crippen molar-refractivity contribution in [2.75, 3.05) is 38.4 Å². The number of halogens is 2. The molecule has 3 fully saturated rings. The van der Waals surface area contributed by atoms with Crippen LogP contribution in [0.2, 0.25) is 0 Å². The maximum Gasteiger partial charge on any atom is 0.261 e. The predicted octanol–water partition coefficient (Wildman–Crippen LogP) is 4.81. The number of aromatic nitrogens is 8. The summed E-state index contributed by atoms with van der Waals surface area (Å²) < 4.78 is 51.4. The Balaban J connectivity index is 1.02. The van der Waals surface area contributed by atoms with Gasteiger partial charge in [0.1, 0.15) is 36.5 Å². The molecular weight excluding hydrogens is 676 g/mol. The quantitative estimate of drug-likeness (QED) is 0.157. The van der Waals surface area contributed by atoms with Gasteiger partial charge in [-0.1, -0.05) is 6.07 Å². The van der Waals surface area contributed by atoms with Gasteiger partial charge in [0, 0.05) is 42.5 Å².